The van der Waals surface area contributed by atoms with Crippen molar-refractivity contribution < 1.29 is 23.5 Å². The average molecular weight is 512 g/mol. The van der Waals surface area contributed by atoms with E-state index in [0.717, 1.165) is 10.4 Å². The molecule has 0 saturated carbocycles. The molecule has 0 bridgehead atoms. The van der Waals surface area contributed by atoms with Crippen molar-refractivity contribution in [1.82, 2.24) is 4.90 Å². The van der Waals surface area contributed by atoms with Gasteiger partial charge in [0.05, 0.1) is 18.6 Å². The molecule has 0 N–H and O–H groups in total. The van der Waals surface area contributed by atoms with E-state index in [0.29, 0.717) is 19.6 Å². The zero-order valence-corrected chi connectivity index (χ0v) is 23.7. The van der Waals surface area contributed by atoms with Crippen LogP contribution in [-0.4, -0.2) is 56.7 Å². The number of hydrogen-bond acceptors (Lipinski definition) is 5. The van der Waals surface area contributed by atoms with Crippen LogP contribution in [0.15, 0.2) is 60.7 Å². The Bertz CT molecular complexity index is 974. The Morgan fingerprint density at radius 2 is 1.44 bits per heavy atom. The summed E-state index contributed by atoms with van der Waals surface area (Å²) in [5.74, 6) is -0.741. The van der Waals surface area contributed by atoms with Crippen molar-refractivity contribution in [2.75, 3.05) is 19.7 Å². The number of amides is 1. The Morgan fingerprint density at radius 1 is 0.917 bits per heavy atom. The molecule has 1 heterocycles. The van der Waals surface area contributed by atoms with Gasteiger partial charge in [-0.2, -0.15) is 0 Å². The predicted octanol–water partition coefficient (Wildman–Crippen LogP) is 4.75. The van der Waals surface area contributed by atoms with Crippen molar-refractivity contribution in [3.63, 3.8) is 0 Å². The van der Waals surface area contributed by atoms with Gasteiger partial charge in [0.25, 0.3) is 8.32 Å². The summed E-state index contributed by atoms with van der Waals surface area (Å²) in [5, 5.41) is 1.99. The number of rotatable bonds is 6. The van der Waals surface area contributed by atoms with E-state index < -0.39 is 25.9 Å². The van der Waals surface area contributed by atoms with Gasteiger partial charge in [-0.25, -0.2) is 4.79 Å². The number of benzene rings is 2. The van der Waals surface area contributed by atoms with E-state index >= 15 is 0 Å². The summed E-state index contributed by atoms with van der Waals surface area (Å²) in [6, 6.07) is 20.6. The summed E-state index contributed by atoms with van der Waals surface area (Å²) < 4.78 is 18.4. The second-order valence-corrected chi connectivity index (χ2v) is 15.6. The van der Waals surface area contributed by atoms with Crippen LogP contribution >= 0.6 is 0 Å². The maximum Gasteiger partial charge on any atom is 0.410 e. The lowest BCUT2D eigenvalue weighted by Crippen LogP contribution is -2.69. The SMILES string of the molecule is CCOC(=O)[C@@H]1CCN(C(=O)OC(C)(C)C)C[C@H]1O[Si](c1ccccc1)(c1ccccc1)C(C)(C)C. The third-order valence-corrected chi connectivity index (χ3v) is 11.6. The van der Waals surface area contributed by atoms with E-state index in [9.17, 15) is 9.59 Å². The first-order chi connectivity index (χ1) is 16.9. The number of piperidine rings is 1. The number of carbonyl (C=O) groups excluding carboxylic acids is 2. The first kappa shape index (κ1) is 27.9. The maximum atomic E-state index is 13.1. The minimum Gasteiger partial charge on any atom is -0.466 e. The lowest BCUT2D eigenvalue weighted by Gasteiger charge is -2.48. The van der Waals surface area contributed by atoms with Crippen molar-refractivity contribution in [2.45, 2.75) is 71.6 Å². The van der Waals surface area contributed by atoms with Crippen LogP contribution in [0, 0.1) is 5.92 Å². The van der Waals surface area contributed by atoms with Gasteiger partial charge < -0.3 is 18.8 Å². The lowest BCUT2D eigenvalue weighted by molar-refractivity contribution is -0.154. The number of nitrogens with zero attached hydrogens (tertiary/aromatic N) is 1. The standard InChI is InChI=1S/C29H41NO5Si/c1-8-33-26(31)24-19-20-30(27(32)34-28(2,3)4)21-25(24)35-36(29(5,6)7,22-15-11-9-12-16-22)23-17-13-10-14-18-23/h9-18,24-25H,8,19-21H2,1-7H3/t24-,25-/m1/s1. The Labute approximate surface area is 217 Å². The van der Waals surface area contributed by atoms with Crippen molar-refractivity contribution in [3.05, 3.63) is 60.7 Å². The second-order valence-electron chi connectivity index (χ2n) is 11.4. The van der Waals surface area contributed by atoms with Crippen molar-refractivity contribution in [2.24, 2.45) is 5.92 Å². The zero-order valence-electron chi connectivity index (χ0n) is 22.7. The van der Waals surface area contributed by atoms with E-state index in [2.05, 4.69) is 45.0 Å². The van der Waals surface area contributed by atoms with Crippen LogP contribution in [0.3, 0.4) is 0 Å². The Balaban J connectivity index is 2.10. The molecule has 0 aliphatic carbocycles. The molecule has 0 spiro atoms. The molecule has 196 valence electrons. The van der Waals surface area contributed by atoms with Gasteiger partial charge in [0.1, 0.15) is 5.60 Å². The summed E-state index contributed by atoms with van der Waals surface area (Å²) in [7, 11) is -2.95. The van der Waals surface area contributed by atoms with Crippen LogP contribution in [0.2, 0.25) is 5.04 Å². The molecule has 2 aromatic carbocycles. The minimum atomic E-state index is -2.95. The largest absolute Gasteiger partial charge is 0.466 e. The lowest BCUT2D eigenvalue weighted by atomic mass is 9.94. The van der Waals surface area contributed by atoms with Gasteiger partial charge in [0.15, 0.2) is 0 Å². The number of likely N-dealkylation sites (tertiary alicyclic amines) is 1. The minimum absolute atomic E-state index is 0.261. The van der Waals surface area contributed by atoms with E-state index in [-0.39, 0.29) is 23.6 Å². The third kappa shape index (κ3) is 6.18. The van der Waals surface area contributed by atoms with Crippen LogP contribution in [-0.2, 0) is 18.7 Å². The van der Waals surface area contributed by atoms with E-state index in [4.69, 9.17) is 13.9 Å². The average Bonchev–Trinajstić information content (AvgIpc) is 2.81. The highest BCUT2D eigenvalue weighted by atomic mass is 28.4. The van der Waals surface area contributed by atoms with Crippen molar-refractivity contribution >= 4 is 30.8 Å². The molecule has 3 rings (SSSR count). The third-order valence-electron chi connectivity index (χ3n) is 6.55. The molecular weight excluding hydrogens is 470 g/mol. The fourth-order valence-corrected chi connectivity index (χ4v) is 9.67. The molecule has 7 heteroatoms. The van der Waals surface area contributed by atoms with Crippen LogP contribution in [0.25, 0.3) is 0 Å². The smallest absolute Gasteiger partial charge is 0.410 e. The molecule has 1 fully saturated rings. The fourth-order valence-electron chi connectivity index (χ4n) is 4.97. The molecule has 1 saturated heterocycles. The van der Waals surface area contributed by atoms with E-state index in [1.54, 1.807) is 4.90 Å². The summed E-state index contributed by atoms with van der Waals surface area (Å²) in [6.07, 6.45) is -0.460. The molecule has 0 unspecified atom stereocenters. The molecule has 2 aromatic rings. The number of ether oxygens (including phenoxy) is 2. The Kier molecular flexibility index (Phi) is 8.67. The summed E-state index contributed by atoms with van der Waals surface area (Å²) >= 11 is 0. The highest BCUT2D eigenvalue weighted by molar-refractivity contribution is 6.99. The van der Waals surface area contributed by atoms with Gasteiger partial charge in [-0.05, 0) is 49.5 Å². The Hall–Kier alpha value is -2.64. The topological polar surface area (TPSA) is 65.1 Å². The van der Waals surface area contributed by atoms with Crippen LogP contribution < -0.4 is 10.4 Å². The molecule has 1 aliphatic rings. The Morgan fingerprint density at radius 3 is 1.89 bits per heavy atom. The van der Waals surface area contributed by atoms with Gasteiger partial charge in [-0.1, -0.05) is 81.4 Å². The number of esters is 1. The van der Waals surface area contributed by atoms with Crippen LogP contribution in [0.1, 0.15) is 54.9 Å². The summed E-state index contributed by atoms with van der Waals surface area (Å²) in [4.78, 5) is 27.8. The highest BCUT2D eigenvalue weighted by Crippen LogP contribution is 2.39. The van der Waals surface area contributed by atoms with Gasteiger partial charge in [-0.3, -0.25) is 4.79 Å². The highest BCUT2D eigenvalue weighted by Gasteiger charge is 2.53. The molecule has 2 atom stereocenters. The molecule has 0 aromatic heterocycles. The molecular formula is C29H41NO5Si. The van der Waals surface area contributed by atoms with Gasteiger partial charge in [0.2, 0.25) is 0 Å². The first-order valence-electron chi connectivity index (χ1n) is 12.8. The van der Waals surface area contributed by atoms with Gasteiger partial charge >= 0.3 is 12.1 Å². The second kappa shape index (κ2) is 11.2. The fraction of sp³-hybridized carbons (Fsp3) is 0.517. The zero-order chi connectivity index (χ0) is 26.6. The first-order valence-corrected chi connectivity index (χ1v) is 14.7. The summed E-state index contributed by atoms with van der Waals surface area (Å²) in [6.45, 7) is 15.0. The number of hydrogen-bond donors (Lipinski definition) is 0. The van der Waals surface area contributed by atoms with Crippen molar-refractivity contribution in [1.29, 1.82) is 0 Å². The maximum absolute atomic E-state index is 13.1. The van der Waals surface area contributed by atoms with Crippen LogP contribution in [0.5, 0.6) is 0 Å². The molecule has 1 aliphatic heterocycles. The van der Waals surface area contributed by atoms with Gasteiger partial charge in [-0.15, -0.1) is 0 Å². The number of carbonyl (C=O) groups is 2. The summed E-state index contributed by atoms with van der Waals surface area (Å²) in [5.41, 5.74) is -0.608. The molecule has 0 radical (unpaired) electrons. The van der Waals surface area contributed by atoms with E-state index in [1.807, 2.05) is 64.1 Å². The monoisotopic (exact) mass is 511 g/mol. The molecule has 1 amide bonds. The van der Waals surface area contributed by atoms with Gasteiger partial charge in [0, 0.05) is 13.1 Å². The van der Waals surface area contributed by atoms with E-state index in [1.165, 1.54) is 0 Å². The molecule has 36 heavy (non-hydrogen) atoms. The van der Waals surface area contributed by atoms with Crippen LogP contribution in [0.4, 0.5) is 4.79 Å². The molecule has 6 nitrogen and oxygen atoms in total. The quantitative estimate of drug-likeness (QED) is 0.414. The normalized spacial score (nSPS) is 19.0. The van der Waals surface area contributed by atoms with Crippen molar-refractivity contribution in [3.8, 4) is 0 Å². The predicted molar refractivity (Wildman–Crippen MR) is 145 cm³/mol.